The zero-order valence-corrected chi connectivity index (χ0v) is 10.3. The maximum Gasteiger partial charge on any atom is 0.232 e. The van der Waals surface area contributed by atoms with Crippen LogP contribution in [0.3, 0.4) is 0 Å². The van der Waals surface area contributed by atoms with Gasteiger partial charge in [-0.25, -0.2) is 0 Å². The summed E-state index contributed by atoms with van der Waals surface area (Å²) in [7, 11) is 1.50. The van der Waals surface area contributed by atoms with Crippen LogP contribution in [0.4, 0.5) is 0 Å². The largest absolute Gasteiger partial charge is 0.508 e. The Labute approximate surface area is 105 Å². The zero-order chi connectivity index (χ0) is 12.7. The fourth-order valence-corrected chi connectivity index (χ4v) is 2.83. The molecular weight excluding hydrogens is 232 g/mol. The molecule has 18 heavy (non-hydrogen) atoms. The van der Waals surface area contributed by atoms with E-state index in [4.69, 9.17) is 4.74 Å². The van der Waals surface area contributed by atoms with Crippen molar-refractivity contribution in [2.45, 2.75) is 25.3 Å². The van der Waals surface area contributed by atoms with Crippen molar-refractivity contribution in [2.24, 2.45) is 10.9 Å². The van der Waals surface area contributed by atoms with Gasteiger partial charge < -0.3 is 14.7 Å². The van der Waals surface area contributed by atoms with Gasteiger partial charge in [0, 0.05) is 25.3 Å². The molecule has 0 aromatic rings. The monoisotopic (exact) mass is 248 g/mol. The number of carbonyl (C=O) groups is 1. The molecule has 5 nitrogen and oxygen atoms in total. The zero-order valence-electron chi connectivity index (χ0n) is 10.3. The molecule has 0 bridgehead atoms. The van der Waals surface area contributed by atoms with E-state index >= 15 is 0 Å². The normalized spacial score (nSPS) is 30.8. The van der Waals surface area contributed by atoms with E-state index in [0.29, 0.717) is 11.5 Å². The molecule has 0 spiro atoms. The maximum absolute atomic E-state index is 12.4. The molecule has 0 aromatic heterocycles. The third-order valence-electron chi connectivity index (χ3n) is 3.81. The summed E-state index contributed by atoms with van der Waals surface area (Å²) in [4.78, 5) is 18.7. The second-order valence-corrected chi connectivity index (χ2v) is 4.86. The first kappa shape index (κ1) is 11.3. The van der Waals surface area contributed by atoms with Crippen molar-refractivity contribution >= 4 is 12.1 Å². The lowest BCUT2D eigenvalue weighted by atomic mass is 9.93. The predicted octanol–water partition coefficient (Wildman–Crippen LogP) is 1.38. The molecule has 1 fully saturated rings. The van der Waals surface area contributed by atoms with Crippen LogP contribution in [-0.2, 0) is 9.53 Å². The quantitative estimate of drug-likeness (QED) is 0.762. The van der Waals surface area contributed by atoms with E-state index in [1.165, 1.54) is 7.11 Å². The van der Waals surface area contributed by atoms with E-state index in [-0.39, 0.29) is 30.0 Å². The van der Waals surface area contributed by atoms with Gasteiger partial charge >= 0.3 is 0 Å². The van der Waals surface area contributed by atoms with E-state index in [2.05, 4.69) is 4.99 Å². The second kappa shape index (κ2) is 4.15. The molecule has 0 saturated carbocycles. The Bertz CT molecular complexity index is 479. The van der Waals surface area contributed by atoms with Crippen LogP contribution in [0.25, 0.3) is 0 Å². The van der Waals surface area contributed by atoms with Gasteiger partial charge in [-0.15, -0.1) is 0 Å². The Morgan fingerprint density at radius 3 is 3.17 bits per heavy atom. The minimum atomic E-state index is -0.358. The Morgan fingerprint density at radius 2 is 2.39 bits per heavy atom. The van der Waals surface area contributed by atoms with Crippen molar-refractivity contribution in [3.05, 3.63) is 23.3 Å². The highest BCUT2D eigenvalue weighted by molar-refractivity contribution is 5.88. The summed E-state index contributed by atoms with van der Waals surface area (Å²) in [6.07, 6.45) is 5.81. The van der Waals surface area contributed by atoms with Crippen LogP contribution in [0.5, 0.6) is 0 Å². The number of aliphatic imine (C=N–C) groups is 1. The van der Waals surface area contributed by atoms with Crippen LogP contribution in [-0.4, -0.2) is 41.8 Å². The van der Waals surface area contributed by atoms with Crippen molar-refractivity contribution < 1.29 is 14.6 Å². The number of ether oxygens (including phenoxy) is 1. The number of aliphatic hydroxyl groups excluding tert-OH is 1. The van der Waals surface area contributed by atoms with Crippen molar-refractivity contribution in [1.29, 1.82) is 0 Å². The summed E-state index contributed by atoms with van der Waals surface area (Å²) >= 11 is 0. The molecule has 1 amide bonds. The Morgan fingerprint density at radius 1 is 1.56 bits per heavy atom. The molecule has 1 aliphatic carbocycles. The van der Waals surface area contributed by atoms with Gasteiger partial charge in [-0.05, 0) is 12.8 Å². The van der Waals surface area contributed by atoms with Crippen LogP contribution in [0, 0.1) is 5.92 Å². The molecule has 2 unspecified atom stereocenters. The van der Waals surface area contributed by atoms with Crippen molar-refractivity contribution in [2.75, 3.05) is 13.7 Å². The van der Waals surface area contributed by atoms with Crippen LogP contribution in [0.1, 0.15) is 19.3 Å². The number of hydrogen-bond donors (Lipinski definition) is 1. The summed E-state index contributed by atoms with van der Waals surface area (Å²) in [6.45, 7) is 0.793. The van der Waals surface area contributed by atoms with Gasteiger partial charge in [0.1, 0.15) is 5.76 Å². The van der Waals surface area contributed by atoms with Gasteiger partial charge in [0.05, 0.1) is 24.8 Å². The average molecular weight is 248 g/mol. The summed E-state index contributed by atoms with van der Waals surface area (Å²) in [5, 5.41) is 9.85. The number of fused-ring (bicyclic) bond motifs is 2. The highest BCUT2D eigenvalue weighted by atomic mass is 16.5. The lowest BCUT2D eigenvalue weighted by Gasteiger charge is -2.26. The maximum atomic E-state index is 12.4. The number of nitrogens with zero attached hydrogens (tertiary/aromatic N) is 2. The topological polar surface area (TPSA) is 62.1 Å². The van der Waals surface area contributed by atoms with Crippen LogP contribution in [0.15, 0.2) is 28.3 Å². The fourth-order valence-electron chi connectivity index (χ4n) is 2.83. The van der Waals surface area contributed by atoms with E-state index in [1.54, 1.807) is 6.08 Å². The summed E-state index contributed by atoms with van der Waals surface area (Å²) < 4.78 is 5.08. The molecular formula is C13H16N2O3. The van der Waals surface area contributed by atoms with E-state index in [9.17, 15) is 9.90 Å². The SMILES string of the molecule is COC1=C(O)CC2C(=O)N3CCCC3C=NC2=C1. The molecule has 3 aliphatic rings. The molecule has 96 valence electrons. The number of rotatable bonds is 1. The third kappa shape index (κ3) is 1.62. The number of allylic oxidation sites excluding steroid dienone is 2. The predicted molar refractivity (Wildman–Crippen MR) is 66.1 cm³/mol. The van der Waals surface area contributed by atoms with Gasteiger partial charge in [-0.1, -0.05) is 0 Å². The number of hydrogen-bond acceptors (Lipinski definition) is 4. The van der Waals surface area contributed by atoms with Crippen molar-refractivity contribution in [1.82, 2.24) is 4.90 Å². The highest BCUT2D eigenvalue weighted by Crippen LogP contribution is 2.34. The van der Waals surface area contributed by atoms with E-state index in [0.717, 1.165) is 19.4 Å². The molecule has 2 atom stereocenters. The lowest BCUT2D eigenvalue weighted by molar-refractivity contribution is -0.134. The van der Waals surface area contributed by atoms with Crippen LogP contribution in [0.2, 0.25) is 0 Å². The van der Waals surface area contributed by atoms with Gasteiger partial charge in [0.15, 0.2) is 5.76 Å². The first-order chi connectivity index (χ1) is 8.70. The lowest BCUT2D eigenvalue weighted by Crippen LogP contribution is -2.39. The first-order valence-electron chi connectivity index (χ1n) is 6.23. The van der Waals surface area contributed by atoms with E-state index < -0.39 is 0 Å². The van der Waals surface area contributed by atoms with Crippen LogP contribution >= 0.6 is 0 Å². The number of methoxy groups -OCH3 is 1. The standard InChI is InChI=1S/C13H16N2O3/c1-18-12-6-10-9(5-11(12)16)13(17)15-4-2-3-8(15)7-14-10/h6-9,16H,2-5H2,1H3. The fraction of sp³-hybridized carbons (Fsp3) is 0.538. The number of aliphatic hydroxyl groups is 1. The molecule has 0 aromatic carbocycles. The Hall–Kier alpha value is -1.78. The van der Waals surface area contributed by atoms with Gasteiger partial charge in [-0.2, -0.15) is 0 Å². The summed E-state index contributed by atoms with van der Waals surface area (Å²) in [5.74, 6) is 0.256. The second-order valence-electron chi connectivity index (χ2n) is 4.86. The number of amides is 1. The first-order valence-corrected chi connectivity index (χ1v) is 6.23. The minimum absolute atomic E-state index is 0.0722. The average Bonchev–Trinajstić information content (AvgIpc) is 2.80. The van der Waals surface area contributed by atoms with Gasteiger partial charge in [-0.3, -0.25) is 9.79 Å². The van der Waals surface area contributed by atoms with Crippen molar-refractivity contribution in [3.8, 4) is 0 Å². The van der Waals surface area contributed by atoms with Crippen molar-refractivity contribution in [3.63, 3.8) is 0 Å². The minimum Gasteiger partial charge on any atom is -0.508 e. The molecule has 1 saturated heterocycles. The van der Waals surface area contributed by atoms with Crippen LogP contribution < -0.4 is 0 Å². The number of carbonyl (C=O) groups excluding carboxylic acids is 1. The Balaban J connectivity index is 1.98. The summed E-state index contributed by atoms with van der Waals surface area (Å²) in [5.41, 5.74) is 0.698. The van der Waals surface area contributed by atoms with Gasteiger partial charge in [0.2, 0.25) is 5.91 Å². The Kier molecular flexibility index (Phi) is 2.61. The molecule has 1 N–H and O–H groups in total. The molecule has 5 heteroatoms. The highest BCUT2D eigenvalue weighted by Gasteiger charge is 2.38. The van der Waals surface area contributed by atoms with E-state index in [1.807, 2.05) is 11.1 Å². The third-order valence-corrected chi connectivity index (χ3v) is 3.81. The van der Waals surface area contributed by atoms with Gasteiger partial charge in [0.25, 0.3) is 0 Å². The molecule has 2 aliphatic heterocycles. The molecule has 3 rings (SSSR count). The smallest absolute Gasteiger partial charge is 0.232 e. The molecule has 2 heterocycles. The summed E-state index contributed by atoms with van der Waals surface area (Å²) in [6, 6.07) is 0.122. The molecule has 0 radical (unpaired) electrons.